The maximum absolute atomic E-state index is 10.4. The van der Waals surface area contributed by atoms with E-state index in [1.807, 2.05) is 18.3 Å². The summed E-state index contributed by atoms with van der Waals surface area (Å²) in [6.45, 7) is 9.10. The third-order valence-corrected chi connectivity index (χ3v) is 5.37. The molecule has 0 aromatic carbocycles. The van der Waals surface area contributed by atoms with Crippen LogP contribution in [0.3, 0.4) is 0 Å². The van der Waals surface area contributed by atoms with Crippen molar-refractivity contribution in [2.45, 2.75) is 71.4 Å². The first kappa shape index (κ1) is 15.9. The van der Waals surface area contributed by atoms with Crippen molar-refractivity contribution >= 4 is 11.3 Å². The van der Waals surface area contributed by atoms with Gasteiger partial charge in [-0.1, -0.05) is 13.8 Å². The Bertz CT molecular complexity index is 418. The van der Waals surface area contributed by atoms with E-state index in [4.69, 9.17) is 4.98 Å². The van der Waals surface area contributed by atoms with Gasteiger partial charge in [0.2, 0.25) is 0 Å². The number of aromatic nitrogens is 1. The molecule has 0 amide bonds. The molecule has 1 aromatic heterocycles. The van der Waals surface area contributed by atoms with E-state index in [-0.39, 0.29) is 6.04 Å². The van der Waals surface area contributed by atoms with Gasteiger partial charge in [0.1, 0.15) is 5.01 Å². The molecule has 4 heteroatoms. The summed E-state index contributed by atoms with van der Waals surface area (Å²) in [5.74, 6) is 0.640. The number of hydrogen-bond acceptors (Lipinski definition) is 4. The lowest BCUT2D eigenvalue weighted by Crippen LogP contribution is -2.39. The summed E-state index contributed by atoms with van der Waals surface area (Å²) >= 11 is 1.84. The molecule has 2 atom stereocenters. The summed E-state index contributed by atoms with van der Waals surface area (Å²) in [7, 11) is 0. The Labute approximate surface area is 126 Å². The van der Waals surface area contributed by atoms with Crippen LogP contribution in [0.5, 0.6) is 0 Å². The van der Waals surface area contributed by atoms with Gasteiger partial charge in [0.15, 0.2) is 0 Å². The van der Waals surface area contributed by atoms with Gasteiger partial charge in [-0.15, -0.1) is 11.3 Å². The first-order valence-corrected chi connectivity index (χ1v) is 8.63. The largest absolute Gasteiger partial charge is 0.389 e. The van der Waals surface area contributed by atoms with E-state index in [1.54, 1.807) is 0 Å². The summed E-state index contributed by atoms with van der Waals surface area (Å²) in [4.78, 5) is 6.21. The van der Waals surface area contributed by atoms with Crippen molar-refractivity contribution in [3.05, 3.63) is 15.6 Å². The number of aryl methyl sites for hydroxylation is 2. The maximum atomic E-state index is 10.4. The molecule has 0 saturated carbocycles. The molecule has 0 fully saturated rings. The van der Waals surface area contributed by atoms with E-state index in [2.05, 4.69) is 26.1 Å². The minimum atomic E-state index is -0.626. The summed E-state index contributed by atoms with van der Waals surface area (Å²) in [6, 6.07) is 0.233. The Balaban J connectivity index is 1.83. The number of nitrogens with one attached hydrogen (secondary N) is 1. The monoisotopic (exact) mass is 296 g/mol. The second kappa shape index (κ2) is 6.54. The first-order valence-electron chi connectivity index (χ1n) is 7.81. The van der Waals surface area contributed by atoms with Crippen LogP contribution in [0.2, 0.25) is 0 Å². The third kappa shape index (κ3) is 4.27. The quantitative estimate of drug-likeness (QED) is 0.810. The van der Waals surface area contributed by atoms with Gasteiger partial charge < -0.3 is 10.4 Å². The SMILES string of the molecule is CC(C)CCC(C)(O)CNC(C)c1nc2c(s1)CCC2. The zero-order valence-electron chi connectivity index (χ0n) is 13.2. The predicted molar refractivity (Wildman–Crippen MR) is 85.3 cm³/mol. The van der Waals surface area contributed by atoms with Crippen LogP contribution >= 0.6 is 11.3 Å². The molecule has 0 aliphatic heterocycles. The average molecular weight is 296 g/mol. The Morgan fingerprint density at radius 2 is 2.10 bits per heavy atom. The Kier molecular flexibility index (Phi) is 5.21. The lowest BCUT2D eigenvalue weighted by atomic mass is 9.95. The van der Waals surface area contributed by atoms with Gasteiger partial charge in [0.05, 0.1) is 17.3 Å². The second-order valence-electron chi connectivity index (χ2n) is 6.81. The van der Waals surface area contributed by atoms with Gasteiger partial charge >= 0.3 is 0 Å². The first-order chi connectivity index (χ1) is 9.37. The van der Waals surface area contributed by atoms with Crippen LogP contribution < -0.4 is 5.32 Å². The van der Waals surface area contributed by atoms with Gasteiger partial charge in [-0.2, -0.15) is 0 Å². The standard InChI is InChI=1S/C16H28N2OS/c1-11(2)8-9-16(4,19)10-17-12(3)15-18-13-6-5-7-14(13)20-15/h11-12,17,19H,5-10H2,1-4H3. The predicted octanol–water partition coefficient (Wildman–Crippen LogP) is 3.47. The fourth-order valence-corrected chi connectivity index (χ4v) is 3.72. The van der Waals surface area contributed by atoms with E-state index < -0.39 is 5.60 Å². The highest BCUT2D eigenvalue weighted by molar-refractivity contribution is 7.11. The van der Waals surface area contributed by atoms with Crippen molar-refractivity contribution in [3.8, 4) is 0 Å². The van der Waals surface area contributed by atoms with Crippen LogP contribution in [0.4, 0.5) is 0 Å². The highest BCUT2D eigenvalue weighted by Crippen LogP contribution is 2.30. The Hall–Kier alpha value is -0.450. The smallest absolute Gasteiger partial charge is 0.110 e. The minimum Gasteiger partial charge on any atom is -0.389 e. The van der Waals surface area contributed by atoms with Crippen molar-refractivity contribution in [2.75, 3.05) is 6.54 Å². The second-order valence-corrected chi connectivity index (χ2v) is 7.92. The molecule has 3 nitrogen and oxygen atoms in total. The van der Waals surface area contributed by atoms with E-state index in [0.29, 0.717) is 12.5 Å². The normalized spacial score (nSPS) is 19.1. The number of hydrogen-bond donors (Lipinski definition) is 2. The van der Waals surface area contributed by atoms with E-state index >= 15 is 0 Å². The number of aliphatic hydroxyl groups is 1. The molecule has 1 aliphatic carbocycles. The number of rotatable bonds is 7. The molecule has 1 aromatic rings. The molecule has 0 spiro atoms. The van der Waals surface area contributed by atoms with Crippen molar-refractivity contribution in [1.82, 2.24) is 10.3 Å². The lowest BCUT2D eigenvalue weighted by Gasteiger charge is -2.26. The summed E-state index contributed by atoms with van der Waals surface area (Å²) in [6.07, 6.45) is 5.52. The molecule has 0 radical (unpaired) electrons. The van der Waals surface area contributed by atoms with Crippen molar-refractivity contribution < 1.29 is 5.11 Å². The molecular formula is C16H28N2OS. The third-order valence-electron chi connectivity index (χ3n) is 4.03. The number of fused-ring (bicyclic) bond motifs is 1. The van der Waals surface area contributed by atoms with Crippen molar-refractivity contribution in [1.29, 1.82) is 0 Å². The highest BCUT2D eigenvalue weighted by Gasteiger charge is 2.24. The molecule has 2 N–H and O–H groups in total. The van der Waals surface area contributed by atoms with Crippen LogP contribution in [0.1, 0.15) is 68.6 Å². The highest BCUT2D eigenvalue weighted by atomic mass is 32.1. The summed E-state index contributed by atoms with van der Waals surface area (Å²) < 4.78 is 0. The molecule has 2 unspecified atom stereocenters. The Morgan fingerprint density at radius 1 is 1.35 bits per heavy atom. The van der Waals surface area contributed by atoms with E-state index in [1.165, 1.54) is 28.4 Å². The molecule has 1 heterocycles. The zero-order chi connectivity index (χ0) is 14.8. The molecule has 0 bridgehead atoms. The van der Waals surface area contributed by atoms with Gasteiger partial charge in [-0.05, 0) is 51.9 Å². The van der Waals surface area contributed by atoms with Crippen LogP contribution in [-0.4, -0.2) is 22.2 Å². The van der Waals surface area contributed by atoms with Crippen LogP contribution in [0.25, 0.3) is 0 Å². The maximum Gasteiger partial charge on any atom is 0.110 e. The van der Waals surface area contributed by atoms with E-state index in [0.717, 1.165) is 19.3 Å². The Morgan fingerprint density at radius 3 is 2.75 bits per heavy atom. The fourth-order valence-electron chi connectivity index (χ4n) is 2.54. The average Bonchev–Trinajstić information content (AvgIpc) is 2.94. The minimum absolute atomic E-state index is 0.233. The molecular weight excluding hydrogens is 268 g/mol. The van der Waals surface area contributed by atoms with Crippen molar-refractivity contribution in [2.24, 2.45) is 5.92 Å². The lowest BCUT2D eigenvalue weighted by molar-refractivity contribution is 0.0430. The topological polar surface area (TPSA) is 45.1 Å². The van der Waals surface area contributed by atoms with Gasteiger partial charge in [0, 0.05) is 11.4 Å². The van der Waals surface area contributed by atoms with Crippen LogP contribution in [0.15, 0.2) is 0 Å². The molecule has 0 saturated heterocycles. The molecule has 2 rings (SSSR count). The fraction of sp³-hybridized carbons (Fsp3) is 0.812. The molecule has 1 aliphatic rings. The number of nitrogens with zero attached hydrogens (tertiary/aromatic N) is 1. The summed E-state index contributed by atoms with van der Waals surface area (Å²) in [5, 5.41) is 15.0. The summed E-state index contributed by atoms with van der Waals surface area (Å²) in [5.41, 5.74) is 0.684. The van der Waals surface area contributed by atoms with E-state index in [9.17, 15) is 5.11 Å². The van der Waals surface area contributed by atoms with Crippen LogP contribution in [0, 0.1) is 5.92 Å². The molecule has 114 valence electrons. The van der Waals surface area contributed by atoms with Gasteiger partial charge in [-0.25, -0.2) is 4.98 Å². The number of thiazole rings is 1. The zero-order valence-corrected chi connectivity index (χ0v) is 14.0. The van der Waals surface area contributed by atoms with Crippen molar-refractivity contribution in [3.63, 3.8) is 0 Å². The van der Waals surface area contributed by atoms with Gasteiger partial charge in [-0.3, -0.25) is 0 Å². The van der Waals surface area contributed by atoms with Crippen LogP contribution in [-0.2, 0) is 12.8 Å². The molecule has 20 heavy (non-hydrogen) atoms. The van der Waals surface area contributed by atoms with Gasteiger partial charge in [0.25, 0.3) is 0 Å².